The average Bonchev–Trinajstić information content (AvgIpc) is 2.71. The van der Waals surface area contributed by atoms with Crippen molar-refractivity contribution in [2.24, 2.45) is 0 Å². The predicted octanol–water partition coefficient (Wildman–Crippen LogP) is 3.66. The summed E-state index contributed by atoms with van der Waals surface area (Å²) in [5, 5.41) is 11.7. The number of nitrogens with one attached hydrogen (secondary N) is 1. The highest BCUT2D eigenvalue weighted by Gasteiger charge is 2.40. The van der Waals surface area contributed by atoms with E-state index in [9.17, 15) is 22.8 Å². The summed E-state index contributed by atoms with van der Waals surface area (Å²) in [5.41, 5.74) is -1.19. The van der Waals surface area contributed by atoms with E-state index in [1.807, 2.05) is 0 Å². The number of fused-ring (bicyclic) bond motifs is 1. The number of hydrogen-bond donors (Lipinski definition) is 2. The van der Waals surface area contributed by atoms with Gasteiger partial charge in [0.2, 0.25) is 0 Å². The molecule has 1 amide bonds. The van der Waals surface area contributed by atoms with Crippen LogP contribution in [0.2, 0.25) is 5.02 Å². The first-order valence-corrected chi connectivity index (χ1v) is 8.04. The molecule has 0 spiro atoms. The molecule has 0 saturated carbocycles. The van der Waals surface area contributed by atoms with Gasteiger partial charge in [-0.25, -0.2) is 0 Å². The number of aromatic nitrogens is 1. The van der Waals surface area contributed by atoms with Crippen molar-refractivity contribution in [2.45, 2.75) is 24.8 Å². The molecule has 0 fully saturated rings. The highest BCUT2D eigenvalue weighted by molar-refractivity contribution is 6.30. The second-order valence-electron chi connectivity index (χ2n) is 5.76. The monoisotopic (exact) mass is 400 g/mol. The normalized spacial score (nSPS) is 19.8. The molecule has 3 rings (SSSR count). The largest absolute Gasteiger partial charge is 0.481 e. The summed E-state index contributed by atoms with van der Waals surface area (Å²) in [4.78, 5) is 26.7. The molecule has 0 bridgehead atoms. The molecule has 1 aromatic heterocycles. The van der Waals surface area contributed by atoms with Crippen LogP contribution in [0.1, 0.15) is 29.3 Å². The minimum Gasteiger partial charge on any atom is -0.481 e. The summed E-state index contributed by atoms with van der Waals surface area (Å²) < 4.78 is 45.8. The number of aliphatic carboxylic acids is 1. The summed E-state index contributed by atoms with van der Waals surface area (Å²) in [7, 11) is 0. The highest BCUT2D eigenvalue weighted by Crippen LogP contribution is 2.41. The number of anilines is 1. The number of ether oxygens (including phenoxy) is 1. The molecule has 0 saturated heterocycles. The van der Waals surface area contributed by atoms with Gasteiger partial charge in [-0.2, -0.15) is 13.2 Å². The van der Waals surface area contributed by atoms with Gasteiger partial charge in [-0.1, -0.05) is 17.7 Å². The Labute approximate surface area is 155 Å². The van der Waals surface area contributed by atoms with E-state index >= 15 is 0 Å². The van der Waals surface area contributed by atoms with Crippen LogP contribution >= 0.6 is 11.6 Å². The topological polar surface area (TPSA) is 88.5 Å². The van der Waals surface area contributed by atoms with E-state index < -0.39 is 42.4 Å². The van der Waals surface area contributed by atoms with Gasteiger partial charge in [-0.3, -0.25) is 14.6 Å². The van der Waals surface area contributed by atoms with Gasteiger partial charge >= 0.3 is 12.1 Å². The van der Waals surface area contributed by atoms with E-state index in [-0.39, 0.29) is 21.8 Å². The molecule has 0 unspecified atom stereocenters. The van der Waals surface area contributed by atoms with E-state index in [1.54, 1.807) is 0 Å². The van der Waals surface area contributed by atoms with Crippen LogP contribution in [0.3, 0.4) is 0 Å². The van der Waals surface area contributed by atoms with Crippen LogP contribution in [0, 0.1) is 0 Å². The Morgan fingerprint density at radius 2 is 2.04 bits per heavy atom. The van der Waals surface area contributed by atoms with Crippen molar-refractivity contribution in [3.05, 3.63) is 58.4 Å². The molecule has 0 radical (unpaired) electrons. The van der Waals surface area contributed by atoms with Crippen molar-refractivity contribution in [2.75, 3.05) is 5.32 Å². The van der Waals surface area contributed by atoms with E-state index in [1.165, 1.54) is 30.3 Å². The third-order valence-corrected chi connectivity index (χ3v) is 4.13. The molecule has 1 aliphatic rings. The standard InChI is InChI=1S/C17H12ClF3N2O4/c18-8-3-4-11-10(6-8)14(27-12(7-13(24)25)16(26)23-11)9-2-1-5-22-15(9)17(19,20)21/h1-6,12,14H,7H2,(H,23,26)(H,24,25)/t12-,14-/m0/s1. The molecule has 0 aliphatic carbocycles. The first kappa shape index (κ1) is 19.1. The minimum absolute atomic E-state index is 0.169. The summed E-state index contributed by atoms with van der Waals surface area (Å²) in [5.74, 6) is -2.11. The molecule has 10 heteroatoms. The van der Waals surface area contributed by atoms with Gasteiger partial charge in [0.05, 0.1) is 6.42 Å². The summed E-state index contributed by atoms with van der Waals surface area (Å²) in [6.45, 7) is 0. The van der Waals surface area contributed by atoms with Crippen molar-refractivity contribution in [3.8, 4) is 0 Å². The maximum absolute atomic E-state index is 13.4. The quantitative estimate of drug-likeness (QED) is 0.821. The lowest BCUT2D eigenvalue weighted by Crippen LogP contribution is -2.32. The van der Waals surface area contributed by atoms with Crippen LogP contribution in [0.4, 0.5) is 18.9 Å². The van der Waals surface area contributed by atoms with Gasteiger partial charge in [0, 0.05) is 28.0 Å². The van der Waals surface area contributed by atoms with Gasteiger partial charge in [0.15, 0.2) is 5.69 Å². The Balaban J connectivity index is 2.18. The smallest absolute Gasteiger partial charge is 0.433 e. The van der Waals surface area contributed by atoms with Crippen LogP contribution in [0.5, 0.6) is 0 Å². The molecule has 1 aliphatic heterocycles. The van der Waals surface area contributed by atoms with Crippen molar-refractivity contribution in [3.63, 3.8) is 0 Å². The van der Waals surface area contributed by atoms with E-state index in [0.717, 1.165) is 6.20 Å². The number of carboxylic acid groups (broad SMARTS) is 1. The first-order valence-electron chi connectivity index (χ1n) is 7.66. The number of carbonyl (C=O) groups is 2. The summed E-state index contributed by atoms with van der Waals surface area (Å²) >= 11 is 5.97. The molecule has 2 heterocycles. The molecule has 2 aromatic rings. The number of benzene rings is 1. The van der Waals surface area contributed by atoms with Crippen molar-refractivity contribution < 1.29 is 32.6 Å². The summed E-state index contributed by atoms with van der Waals surface area (Å²) in [6, 6.07) is 6.68. The zero-order valence-corrected chi connectivity index (χ0v) is 14.2. The predicted molar refractivity (Wildman–Crippen MR) is 88.3 cm³/mol. The Morgan fingerprint density at radius 1 is 1.30 bits per heavy atom. The second-order valence-corrected chi connectivity index (χ2v) is 6.20. The number of hydrogen-bond acceptors (Lipinski definition) is 4. The lowest BCUT2D eigenvalue weighted by atomic mass is 9.98. The van der Waals surface area contributed by atoms with Crippen LogP contribution in [-0.4, -0.2) is 28.1 Å². The lowest BCUT2D eigenvalue weighted by molar-refractivity contribution is -0.148. The number of alkyl halides is 3. The SMILES string of the molecule is O=C(O)C[C@@H]1O[C@@H](c2cccnc2C(F)(F)F)c2cc(Cl)ccc2NC1=O. The Hall–Kier alpha value is -2.65. The molecule has 1 aromatic carbocycles. The third-order valence-electron chi connectivity index (χ3n) is 3.90. The molecule has 2 atom stereocenters. The number of halogens is 4. The highest BCUT2D eigenvalue weighted by atomic mass is 35.5. The number of amides is 1. The van der Waals surface area contributed by atoms with E-state index in [2.05, 4.69) is 10.3 Å². The lowest BCUT2D eigenvalue weighted by Gasteiger charge is -2.23. The van der Waals surface area contributed by atoms with Gasteiger partial charge < -0.3 is 15.2 Å². The number of carbonyl (C=O) groups excluding carboxylic acids is 1. The molecular formula is C17H12ClF3N2O4. The number of pyridine rings is 1. The van der Waals surface area contributed by atoms with Crippen molar-refractivity contribution in [1.29, 1.82) is 0 Å². The zero-order valence-electron chi connectivity index (χ0n) is 13.5. The number of nitrogens with zero attached hydrogens (tertiary/aromatic N) is 1. The van der Waals surface area contributed by atoms with E-state index in [4.69, 9.17) is 21.4 Å². The second kappa shape index (κ2) is 7.16. The fourth-order valence-electron chi connectivity index (χ4n) is 2.78. The van der Waals surface area contributed by atoms with Crippen LogP contribution in [0.15, 0.2) is 36.5 Å². The van der Waals surface area contributed by atoms with Crippen molar-refractivity contribution in [1.82, 2.24) is 4.98 Å². The first-order chi connectivity index (χ1) is 12.7. The van der Waals surface area contributed by atoms with Gasteiger partial charge in [0.1, 0.15) is 12.2 Å². The third kappa shape index (κ3) is 4.04. The molecule has 2 N–H and O–H groups in total. The van der Waals surface area contributed by atoms with E-state index in [0.29, 0.717) is 0 Å². The molecule has 142 valence electrons. The minimum atomic E-state index is -4.77. The fraction of sp³-hybridized carbons (Fsp3) is 0.235. The maximum atomic E-state index is 13.4. The summed E-state index contributed by atoms with van der Waals surface area (Å²) in [6.07, 6.45) is -7.40. The van der Waals surface area contributed by atoms with Gasteiger partial charge in [-0.05, 0) is 24.3 Å². The zero-order chi connectivity index (χ0) is 19.8. The molecular weight excluding hydrogens is 389 g/mol. The van der Waals surface area contributed by atoms with Crippen LogP contribution < -0.4 is 5.32 Å². The van der Waals surface area contributed by atoms with Crippen molar-refractivity contribution >= 4 is 29.2 Å². The Morgan fingerprint density at radius 3 is 2.70 bits per heavy atom. The number of rotatable bonds is 3. The average molecular weight is 401 g/mol. The van der Waals surface area contributed by atoms with Crippen LogP contribution in [-0.2, 0) is 20.5 Å². The fourth-order valence-corrected chi connectivity index (χ4v) is 2.96. The van der Waals surface area contributed by atoms with Crippen LogP contribution in [0.25, 0.3) is 0 Å². The molecule has 6 nitrogen and oxygen atoms in total. The Bertz CT molecular complexity index is 904. The number of carboxylic acids is 1. The molecule has 27 heavy (non-hydrogen) atoms. The Kier molecular flexibility index (Phi) is 5.07. The maximum Gasteiger partial charge on any atom is 0.433 e. The van der Waals surface area contributed by atoms with Gasteiger partial charge in [0.25, 0.3) is 5.91 Å². The van der Waals surface area contributed by atoms with Gasteiger partial charge in [-0.15, -0.1) is 0 Å².